The van der Waals surface area contributed by atoms with Crippen molar-refractivity contribution in [3.05, 3.63) is 168 Å². The van der Waals surface area contributed by atoms with Crippen LogP contribution in [0.5, 0.6) is 0 Å². The summed E-state index contributed by atoms with van der Waals surface area (Å²) >= 11 is 0. The fraction of sp³-hybridized carbons (Fsp3) is 0.0870. The van der Waals surface area contributed by atoms with E-state index in [-0.39, 0.29) is 0 Å². The van der Waals surface area contributed by atoms with Crippen molar-refractivity contribution < 1.29 is 0 Å². The highest BCUT2D eigenvalue weighted by Gasteiger charge is 2.18. The minimum absolute atomic E-state index is 0.848. The number of benzene rings is 5. The van der Waals surface area contributed by atoms with Gasteiger partial charge >= 0.3 is 0 Å². The van der Waals surface area contributed by atoms with Crippen LogP contribution in [-0.4, -0.2) is 19.9 Å². The topological polar surface area (TPSA) is 51.6 Å². The number of hydrogen-bond acceptors (Lipinski definition) is 4. The van der Waals surface area contributed by atoms with Gasteiger partial charge in [0.1, 0.15) is 0 Å². The Labute approximate surface area is 293 Å². The van der Waals surface area contributed by atoms with Gasteiger partial charge in [0.25, 0.3) is 0 Å². The van der Waals surface area contributed by atoms with Crippen molar-refractivity contribution in [2.75, 3.05) is 0 Å². The van der Waals surface area contributed by atoms with Crippen LogP contribution in [0, 0.1) is 27.7 Å². The predicted molar refractivity (Wildman–Crippen MR) is 207 cm³/mol. The van der Waals surface area contributed by atoms with Gasteiger partial charge in [-0.2, -0.15) is 0 Å². The van der Waals surface area contributed by atoms with Gasteiger partial charge in [-0.15, -0.1) is 0 Å². The highest BCUT2D eigenvalue weighted by Crippen LogP contribution is 2.39. The number of fused-ring (bicyclic) bond motifs is 1. The van der Waals surface area contributed by atoms with Crippen molar-refractivity contribution in [1.29, 1.82) is 0 Å². The summed E-state index contributed by atoms with van der Waals surface area (Å²) in [6.45, 7) is 8.64. The van der Waals surface area contributed by atoms with Crippen LogP contribution in [0.3, 0.4) is 0 Å². The second kappa shape index (κ2) is 13.0. The lowest BCUT2D eigenvalue weighted by atomic mass is 9.90. The van der Waals surface area contributed by atoms with E-state index in [1.54, 1.807) is 0 Å². The number of aromatic nitrogens is 4. The Morgan fingerprint density at radius 2 is 0.600 bits per heavy atom. The summed E-state index contributed by atoms with van der Waals surface area (Å²) in [5.74, 6) is 0. The monoisotopic (exact) mass is 644 g/mol. The van der Waals surface area contributed by atoms with E-state index in [9.17, 15) is 0 Å². The molecular weight excluding hydrogens is 609 g/mol. The molecule has 0 spiro atoms. The van der Waals surface area contributed by atoms with Crippen LogP contribution in [0.2, 0.25) is 0 Å². The summed E-state index contributed by atoms with van der Waals surface area (Å²) in [6, 6.07) is 43.3. The molecule has 0 saturated carbocycles. The highest BCUT2D eigenvalue weighted by atomic mass is 14.8. The van der Waals surface area contributed by atoms with Gasteiger partial charge in [-0.25, -0.2) is 9.97 Å². The molecule has 8 aromatic rings. The molecule has 0 amide bonds. The van der Waals surface area contributed by atoms with Crippen molar-refractivity contribution in [1.82, 2.24) is 19.9 Å². The van der Waals surface area contributed by atoms with Gasteiger partial charge in [-0.3, -0.25) is 9.97 Å². The molecule has 50 heavy (non-hydrogen) atoms. The average molecular weight is 645 g/mol. The molecule has 8 rings (SSSR count). The zero-order valence-corrected chi connectivity index (χ0v) is 28.6. The van der Waals surface area contributed by atoms with Crippen molar-refractivity contribution in [2.24, 2.45) is 0 Å². The van der Waals surface area contributed by atoms with Crippen LogP contribution < -0.4 is 0 Å². The summed E-state index contributed by atoms with van der Waals surface area (Å²) in [6.07, 6.45) is 7.30. The third kappa shape index (κ3) is 6.20. The molecule has 5 aromatic carbocycles. The Morgan fingerprint density at radius 1 is 0.300 bits per heavy atom. The first-order valence-corrected chi connectivity index (χ1v) is 16.9. The normalized spacial score (nSPS) is 11.2. The molecule has 0 unspecified atom stereocenters. The minimum atomic E-state index is 0.848. The second-order valence-corrected chi connectivity index (χ2v) is 13.2. The van der Waals surface area contributed by atoms with Gasteiger partial charge in [0.15, 0.2) is 0 Å². The highest BCUT2D eigenvalue weighted by molar-refractivity contribution is 5.96. The Kier molecular flexibility index (Phi) is 8.06. The molecule has 0 aliphatic rings. The van der Waals surface area contributed by atoms with Gasteiger partial charge in [0.05, 0.1) is 22.4 Å². The number of nitrogens with zero attached hydrogens (tertiary/aromatic N) is 4. The molecule has 0 fully saturated rings. The third-order valence-corrected chi connectivity index (χ3v) is 9.21. The molecule has 0 radical (unpaired) electrons. The smallest absolute Gasteiger partial charge is 0.0973 e. The van der Waals surface area contributed by atoms with Crippen LogP contribution in [0.15, 0.2) is 146 Å². The molecule has 0 saturated heterocycles. The maximum Gasteiger partial charge on any atom is 0.0973 e. The molecule has 4 heteroatoms. The first kappa shape index (κ1) is 31.0. The molecule has 4 nitrogen and oxygen atoms in total. The average Bonchev–Trinajstić information content (AvgIpc) is 3.14. The predicted octanol–water partition coefficient (Wildman–Crippen LogP) is 11.7. The van der Waals surface area contributed by atoms with Crippen LogP contribution in [-0.2, 0) is 0 Å². The van der Waals surface area contributed by atoms with E-state index in [1.807, 2.05) is 49.1 Å². The van der Waals surface area contributed by atoms with E-state index in [2.05, 4.69) is 135 Å². The number of pyridine rings is 2. The maximum absolute atomic E-state index is 5.42. The van der Waals surface area contributed by atoms with Gasteiger partial charge in [-0.1, -0.05) is 107 Å². The largest absolute Gasteiger partial charge is 0.265 e. The number of hydrogen-bond donors (Lipinski definition) is 0. The Bertz CT molecular complexity index is 2270. The molecule has 0 aliphatic carbocycles. The maximum atomic E-state index is 5.42. The van der Waals surface area contributed by atoms with E-state index in [1.165, 1.54) is 33.4 Å². The van der Waals surface area contributed by atoms with Crippen molar-refractivity contribution in [2.45, 2.75) is 27.7 Å². The lowest BCUT2D eigenvalue weighted by Gasteiger charge is -2.17. The molecule has 0 aliphatic heterocycles. The summed E-state index contributed by atoms with van der Waals surface area (Å²) in [7, 11) is 0. The molecule has 0 bridgehead atoms. The fourth-order valence-electron chi connectivity index (χ4n) is 6.97. The standard InChI is InChI=1S/C46H36N4/c1-29-21-30(2)24-39(23-29)41-27-43-44(28-42(41)40-25-31(3)22-32(4)26-40)50-46(38-11-7-34(8-12-38)36-15-19-48-20-16-36)45(49-43)37-9-5-33(6-10-37)35-13-17-47-18-14-35/h5-28H,1-4H3. The summed E-state index contributed by atoms with van der Waals surface area (Å²) in [4.78, 5) is 19.2. The molecule has 240 valence electrons. The Balaban J connectivity index is 1.36. The van der Waals surface area contributed by atoms with E-state index >= 15 is 0 Å². The zero-order chi connectivity index (χ0) is 34.2. The molecule has 3 heterocycles. The summed E-state index contributed by atoms with van der Waals surface area (Å²) in [5, 5.41) is 0. The van der Waals surface area contributed by atoms with Crippen LogP contribution in [0.25, 0.3) is 78.1 Å². The molecular formula is C46H36N4. The zero-order valence-electron chi connectivity index (χ0n) is 28.6. The van der Waals surface area contributed by atoms with Gasteiger partial charge in [0, 0.05) is 35.9 Å². The molecule has 0 atom stereocenters. The van der Waals surface area contributed by atoms with E-state index in [0.717, 1.165) is 66.9 Å². The van der Waals surface area contributed by atoms with Crippen LogP contribution in [0.1, 0.15) is 22.3 Å². The molecule has 0 N–H and O–H groups in total. The molecule has 3 aromatic heterocycles. The minimum Gasteiger partial charge on any atom is -0.265 e. The van der Waals surface area contributed by atoms with Gasteiger partial charge < -0.3 is 0 Å². The van der Waals surface area contributed by atoms with E-state index in [4.69, 9.17) is 9.97 Å². The lowest BCUT2D eigenvalue weighted by Crippen LogP contribution is -1.98. The van der Waals surface area contributed by atoms with Crippen molar-refractivity contribution >= 4 is 11.0 Å². The number of aryl methyl sites for hydroxylation is 4. The Hall–Kier alpha value is -6.26. The summed E-state index contributed by atoms with van der Waals surface area (Å²) < 4.78 is 0. The Morgan fingerprint density at radius 3 is 0.940 bits per heavy atom. The SMILES string of the molecule is Cc1cc(C)cc(-c2cc3nc(-c4ccc(-c5ccncc5)cc4)c(-c4ccc(-c5ccncc5)cc4)nc3cc2-c2cc(C)cc(C)c2)c1. The first-order valence-electron chi connectivity index (χ1n) is 16.9. The third-order valence-electron chi connectivity index (χ3n) is 9.21. The van der Waals surface area contributed by atoms with E-state index in [0.29, 0.717) is 0 Å². The summed E-state index contributed by atoms with van der Waals surface area (Å²) in [5.41, 5.74) is 19.5. The van der Waals surface area contributed by atoms with E-state index < -0.39 is 0 Å². The van der Waals surface area contributed by atoms with Crippen molar-refractivity contribution in [3.63, 3.8) is 0 Å². The van der Waals surface area contributed by atoms with Crippen LogP contribution >= 0.6 is 0 Å². The second-order valence-electron chi connectivity index (χ2n) is 13.2. The quantitative estimate of drug-likeness (QED) is 0.181. The lowest BCUT2D eigenvalue weighted by molar-refractivity contribution is 1.29. The van der Waals surface area contributed by atoms with Crippen molar-refractivity contribution in [3.8, 4) is 67.0 Å². The van der Waals surface area contributed by atoms with Gasteiger partial charge in [-0.05, 0) is 109 Å². The van der Waals surface area contributed by atoms with Crippen LogP contribution in [0.4, 0.5) is 0 Å². The fourth-order valence-corrected chi connectivity index (χ4v) is 6.97. The first-order chi connectivity index (χ1) is 24.4. The van der Waals surface area contributed by atoms with Gasteiger partial charge in [0.2, 0.25) is 0 Å². The number of rotatable bonds is 6.